The van der Waals surface area contributed by atoms with Crippen LogP contribution in [0.15, 0.2) is 16.7 Å². The minimum Gasteiger partial charge on any atom is -0.465 e. The Bertz CT molecular complexity index is 224. The van der Waals surface area contributed by atoms with Crippen molar-refractivity contribution in [2.75, 3.05) is 6.61 Å². The number of aliphatic hydroxyl groups excluding tert-OH is 1. The van der Waals surface area contributed by atoms with Gasteiger partial charge in [0, 0.05) is 12.7 Å². The minimum absolute atomic E-state index is 0.0243. The molecule has 0 unspecified atom stereocenters. The lowest BCUT2D eigenvalue weighted by Gasteiger charge is -2.03. The molecule has 3 N–H and O–H groups in total. The molecule has 11 heavy (non-hydrogen) atoms. The number of hydrogen-bond acceptors (Lipinski definition) is 3. The number of rotatable bonds is 3. The average molecular weight is 159 g/mol. The van der Waals surface area contributed by atoms with Gasteiger partial charge in [-0.3, -0.25) is 0 Å². The molecule has 0 bridgehead atoms. The topological polar surface area (TPSA) is 59.4 Å². The Morgan fingerprint density at radius 3 is 2.91 bits per heavy atom. The Labute approximate surface area is 63.6 Å². The zero-order valence-electron chi connectivity index (χ0n) is 5.96. The third-order valence-electron chi connectivity index (χ3n) is 1.39. The molecule has 1 aromatic rings. The van der Waals surface area contributed by atoms with Gasteiger partial charge in [0.25, 0.3) is 0 Å². The molecule has 0 spiro atoms. The van der Waals surface area contributed by atoms with Gasteiger partial charge in [-0.15, -0.1) is 0 Å². The van der Waals surface area contributed by atoms with Crippen LogP contribution < -0.4 is 5.73 Å². The number of halogens is 1. The zero-order valence-corrected chi connectivity index (χ0v) is 5.96. The summed E-state index contributed by atoms with van der Waals surface area (Å²) in [7, 11) is 0. The van der Waals surface area contributed by atoms with Crippen molar-refractivity contribution >= 4 is 0 Å². The summed E-state index contributed by atoms with van der Waals surface area (Å²) in [4.78, 5) is 0. The highest BCUT2D eigenvalue weighted by molar-refractivity contribution is 5.05. The third-order valence-corrected chi connectivity index (χ3v) is 1.39. The number of nitrogens with two attached hydrogens (primary N) is 1. The van der Waals surface area contributed by atoms with E-state index in [0.717, 1.165) is 6.26 Å². The first kappa shape index (κ1) is 8.23. The molecule has 0 aliphatic carbocycles. The zero-order chi connectivity index (χ0) is 8.27. The van der Waals surface area contributed by atoms with Crippen LogP contribution in [0.5, 0.6) is 0 Å². The van der Waals surface area contributed by atoms with Gasteiger partial charge in [-0.2, -0.15) is 0 Å². The molecule has 0 aliphatic rings. The maximum absolute atomic E-state index is 12.3. The van der Waals surface area contributed by atoms with Crippen LogP contribution in [0.1, 0.15) is 18.2 Å². The van der Waals surface area contributed by atoms with E-state index in [-0.39, 0.29) is 6.61 Å². The van der Waals surface area contributed by atoms with Crippen LogP contribution in [0.3, 0.4) is 0 Å². The molecular formula is C7H10FNO2. The average Bonchev–Trinajstić information content (AvgIpc) is 2.36. The SMILES string of the molecule is N[C@@H](CCO)c1cc(F)co1. The van der Waals surface area contributed by atoms with E-state index < -0.39 is 11.9 Å². The lowest BCUT2D eigenvalue weighted by atomic mass is 10.2. The van der Waals surface area contributed by atoms with Crippen molar-refractivity contribution in [1.82, 2.24) is 0 Å². The van der Waals surface area contributed by atoms with Crippen molar-refractivity contribution in [3.8, 4) is 0 Å². The Balaban J connectivity index is 2.60. The number of furan rings is 1. The molecule has 1 heterocycles. The first-order valence-corrected chi connectivity index (χ1v) is 3.34. The molecule has 0 fully saturated rings. The summed E-state index contributed by atoms with van der Waals surface area (Å²) in [5, 5.41) is 8.49. The van der Waals surface area contributed by atoms with Gasteiger partial charge in [-0.1, -0.05) is 0 Å². The predicted octanol–water partition coefficient (Wildman–Crippen LogP) is 0.801. The van der Waals surface area contributed by atoms with E-state index >= 15 is 0 Å². The van der Waals surface area contributed by atoms with E-state index in [1.165, 1.54) is 6.07 Å². The minimum atomic E-state index is -0.437. The van der Waals surface area contributed by atoms with Gasteiger partial charge >= 0.3 is 0 Å². The highest BCUT2D eigenvalue weighted by Crippen LogP contribution is 2.15. The van der Waals surface area contributed by atoms with Crippen molar-refractivity contribution in [2.24, 2.45) is 5.73 Å². The van der Waals surface area contributed by atoms with E-state index in [9.17, 15) is 4.39 Å². The fraction of sp³-hybridized carbons (Fsp3) is 0.429. The monoisotopic (exact) mass is 159 g/mol. The van der Waals surface area contributed by atoms with Gasteiger partial charge in [0.05, 0.1) is 6.04 Å². The molecule has 1 rings (SSSR count). The molecule has 1 atom stereocenters. The summed E-state index contributed by atoms with van der Waals surface area (Å²) in [6, 6.07) is 0.810. The van der Waals surface area contributed by atoms with Gasteiger partial charge in [0.2, 0.25) is 0 Å². The summed E-state index contributed by atoms with van der Waals surface area (Å²) >= 11 is 0. The van der Waals surface area contributed by atoms with E-state index in [4.69, 9.17) is 15.3 Å². The van der Waals surface area contributed by atoms with E-state index in [2.05, 4.69) is 0 Å². The van der Waals surface area contributed by atoms with Gasteiger partial charge < -0.3 is 15.3 Å². The first-order valence-electron chi connectivity index (χ1n) is 3.34. The molecule has 62 valence electrons. The van der Waals surface area contributed by atoms with Crippen LogP contribution >= 0.6 is 0 Å². The largest absolute Gasteiger partial charge is 0.465 e. The predicted molar refractivity (Wildman–Crippen MR) is 37.3 cm³/mol. The standard InChI is InChI=1S/C7H10FNO2/c8-5-3-7(11-4-5)6(9)1-2-10/h3-4,6,10H,1-2,9H2/t6-/m0/s1. The highest BCUT2D eigenvalue weighted by Gasteiger charge is 2.09. The van der Waals surface area contributed by atoms with E-state index in [1.54, 1.807) is 0 Å². The second-order valence-electron chi connectivity index (χ2n) is 2.29. The summed E-state index contributed by atoms with van der Waals surface area (Å²) in [5.41, 5.74) is 5.50. The quantitative estimate of drug-likeness (QED) is 0.685. The van der Waals surface area contributed by atoms with Crippen LogP contribution in [0.2, 0.25) is 0 Å². The molecule has 0 aliphatic heterocycles. The summed E-state index contributed by atoms with van der Waals surface area (Å²) < 4.78 is 17.1. The van der Waals surface area contributed by atoms with E-state index in [1.807, 2.05) is 0 Å². The molecule has 0 aromatic carbocycles. The summed E-state index contributed by atoms with van der Waals surface area (Å²) in [5.74, 6) is -0.0649. The highest BCUT2D eigenvalue weighted by atomic mass is 19.1. The van der Waals surface area contributed by atoms with Crippen LogP contribution in [0, 0.1) is 5.82 Å². The molecule has 0 saturated carbocycles. The fourth-order valence-corrected chi connectivity index (χ4v) is 0.804. The van der Waals surface area contributed by atoms with Crippen LogP contribution in [-0.4, -0.2) is 11.7 Å². The molecule has 0 radical (unpaired) electrons. The van der Waals surface area contributed by atoms with Gasteiger partial charge in [-0.05, 0) is 6.42 Å². The molecule has 1 aromatic heterocycles. The first-order chi connectivity index (χ1) is 5.24. The molecule has 3 nitrogen and oxygen atoms in total. The maximum Gasteiger partial charge on any atom is 0.161 e. The molecule has 4 heteroatoms. The van der Waals surface area contributed by atoms with Crippen LogP contribution in [-0.2, 0) is 0 Å². The van der Waals surface area contributed by atoms with Crippen molar-refractivity contribution in [1.29, 1.82) is 0 Å². The Kier molecular flexibility index (Phi) is 2.62. The Hall–Kier alpha value is -0.870. The summed E-state index contributed by atoms with van der Waals surface area (Å²) in [6.45, 7) is -0.0243. The van der Waals surface area contributed by atoms with Crippen molar-refractivity contribution in [3.63, 3.8) is 0 Å². The second-order valence-corrected chi connectivity index (χ2v) is 2.29. The molecule has 0 saturated heterocycles. The van der Waals surface area contributed by atoms with Crippen LogP contribution in [0.4, 0.5) is 4.39 Å². The van der Waals surface area contributed by atoms with Crippen molar-refractivity contribution in [3.05, 3.63) is 23.9 Å². The summed E-state index contributed by atoms with van der Waals surface area (Å²) in [6.07, 6.45) is 1.37. The second kappa shape index (κ2) is 3.50. The van der Waals surface area contributed by atoms with Gasteiger partial charge in [0.1, 0.15) is 12.0 Å². The maximum atomic E-state index is 12.3. The number of aliphatic hydroxyl groups is 1. The normalized spacial score (nSPS) is 13.4. The third kappa shape index (κ3) is 2.03. The van der Waals surface area contributed by atoms with Crippen molar-refractivity contribution < 1.29 is 13.9 Å². The number of hydrogen-bond donors (Lipinski definition) is 2. The Morgan fingerprint density at radius 2 is 2.45 bits per heavy atom. The lowest BCUT2D eigenvalue weighted by molar-refractivity contribution is 0.268. The fourth-order valence-electron chi connectivity index (χ4n) is 0.804. The van der Waals surface area contributed by atoms with Crippen LogP contribution in [0.25, 0.3) is 0 Å². The van der Waals surface area contributed by atoms with Crippen molar-refractivity contribution in [2.45, 2.75) is 12.5 Å². The van der Waals surface area contributed by atoms with Gasteiger partial charge in [0.15, 0.2) is 5.82 Å². The lowest BCUT2D eigenvalue weighted by Crippen LogP contribution is -2.10. The molecular weight excluding hydrogens is 149 g/mol. The smallest absolute Gasteiger partial charge is 0.161 e. The Morgan fingerprint density at radius 1 is 1.73 bits per heavy atom. The molecule has 0 amide bonds. The van der Waals surface area contributed by atoms with E-state index in [0.29, 0.717) is 12.2 Å². The van der Waals surface area contributed by atoms with Gasteiger partial charge in [-0.25, -0.2) is 4.39 Å².